The van der Waals surface area contributed by atoms with Gasteiger partial charge in [0.05, 0.1) is 6.04 Å². The predicted molar refractivity (Wildman–Crippen MR) is 99.1 cm³/mol. The molecule has 0 unspecified atom stereocenters. The Morgan fingerprint density at radius 1 is 1.19 bits per heavy atom. The number of rotatable bonds is 2. The average Bonchev–Trinajstić information content (AvgIpc) is 2.78. The van der Waals surface area contributed by atoms with E-state index in [2.05, 4.69) is 0 Å². The third-order valence-electron chi connectivity index (χ3n) is 4.39. The smallest absolute Gasteiger partial charge is 0.410 e. The summed E-state index contributed by atoms with van der Waals surface area (Å²) in [4.78, 5) is 13.9. The molecule has 2 aliphatic heterocycles. The summed E-state index contributed by atoms with van der Waals surface area (Å²) >= 11 is 5.89. The van der Waals surface area contributed by atoms with Crippen LogP contribution in [0.1, 0.15) is 26.3 Å². The van der Waals surface area contributed by atoms with Crippen molar-refractivity contribution in [3.8, 4) is 0 Å². The number of fused-ring (bicyclic) bond motifs is 1. The SMILES string of the molecule is CC(C)(C)OC(=O)N1CCN2[C@@H](C1)CN(Cc1ccc(Cl)cc1)S2(=O)=O. The number of halogens is 1. The first kappa shape index (κ1) is 19.4. The first-order chi connectivity index (χ1) is 12.1. The summed E-state index contributed by atoms with van der Waals surface area (Å²) in [5, 5.41) is 0.614. The first-order valence-corrected chi connectivity index (χ1v) is 10.3. The Morgan fingerprint density at radius 3 is 2.46 bits per heavy atom. The second kappa shape index (κ2) is 6.99. The van der Waals surface area contributed by atoms with Crippen LogP contribution < -0.4 is 0 Å². The molecule has 0 aromatic heterocycles. The number of benzene rings is 1. The van der Waals surface area contributed by atoms with Crippen molar-refractivity contribution in [3.05, 3.63) is 34.9 Å². The lowest BCUT2D eigenvalue weighted by molar-refractivity contribution is 0.0145. The van der Waals surface area contributed by atoms with Crippen molar-refractivity contribution in [3.63, 3.8) is 0 Å². The fourth-order valence-corrected chi connectivity index (χ4v) is 5.12. The van der Waals surface area contributed by atoms with Crippen LogP contribution in [0, 0.1) is 0 Å². The van der Waals surface area contributed by atoms with Crippen molar-refractivity contribution in [1.82, 2.24) is 13.5 Å². The Balaban J connectivity index is 1.69. The van der Waals surface area contributed by atoms with Gasteiger partial charge in [0.2, 0.25) is 0 Å². The zero-order chi connectivity index (χ0) is 19.1. The van der Waals surface area contributed by atoms with Gasteiger partial charge in [-0.25, -0.2) is 4.79 Å². The molecule has 9 heteroatoms. The highest BCUT2D eigenvalue weighted by Crippen LogP contribution is 2.28. The van der Waals surface area contributed by atoms with Crippen LogP contribution >= 0.6 is 11.6 Å². The molecule has 0 saturated carbocycles. The molecular formula is C17H24ClN3O4S. The molecule has 0 aliphatic carbocycles. The number of hydrogen-bond donors (Lipinski definition) is 0. The van der Waals surface area contributed by atoms with Crippen LogP contribution in [0.15, 0.2) is 24.3 Å². The molecule has 2 heterocycles. The average molecular weight is 402 g/mol. The van der Waals surface area contributed by atoms with Gasteiger partial charge in [-0.05, 0) is 38.5 Å². The lowest BCUT2D eigenvalue weighted by Gasteiger charge is -2.36. The van der Waals surface area contributed by atoms with Crippen molar-refractivity contribution < 1.29 is 17.9 Å². The van der Waals surface area contributed by atoms with Crippen molar-refractivity contribution >= 4 is 27.9 Å². The topological polar surface area (TPSA) is 70.2 Å². The molecule has 3 rings (SSSR count). The third kappa shape index (κ3) is 4.14. The Hall–Kier alpha value is -1.35. The van der Waals surface area contributed by atoms with Crippen LogP contribution in [-0.4, -0.2) is 65.8 Å². The molecular weight excluding hydrogens is 378 g/mol. The van der Waals surface area contributed by atoms with Gasteiger partial charge in [-0.15, -0.1) is 0 Å². The largest absolute Gasteiger partial charge is 0.444 e. The van der Waals surface area contributed by atoms with Gasteiger partial charge < -0.3 is 9.64 Å². The molecule has 144 valence electrons. The molecule has 2 fully saturated rings. The maximum absolute atomic E-state index is 12.8. The summed E-state index contributed by atoms with van der Waals surface area (Å²) < 4.78 is 33.9. The Kier molecular flexibility index (Phi) is 5.22. The van der Waals surface area contributed by atoms with Crippen LogP contribution in [0.25, 0.3) is 0 Å². The summed E-state index contributed by atoms with van der Waals surface area (Å²) in [6, 6.07) is 6.88. The molecule has 0 radical (unpaired) electrons. The zero-order valence-corrected chi connectivity index (χ0v) is 16.8. The van der Waals surface area contributed by atoms with Gasteiger partial charge in [0.1, 0.15) is 5.60 Å². The monoisotopic (exact) mass is 401 g/mol. The van der Waals surface area contributed by atoms with Gasteiger partial charge in [-0.1, -0.05) is 23.7 Å². The van der Waals surface area contributed by atoms with E-state index in [0.29, 0.717) is 31.2 Å². The number of hydrogen-bond acceptors (Lipinski definition) is 4. The van der Waals surface area contributed by atoms with Crippen LogP contribution in [0.2, 0.25) is 5.02 Å². The van der Waals surface area contributed by atoms with Crippen LogP contribution in [-0.2, 0) is 21.5 Å². The van der Waals surface area contributed by atoms with E-state index in [-0.39, 0.29) is 12.6 Å². The van der Waals surface area contributed by atoms with Gasteiger partial charge in [0.15, 0.2) is 0 Å². The number of nitrogens with zero attached hydrogens (tertiary/aromatic N) is 3. The Labute approximate surface area is 159 Å². The van der Waals surface area contributed by atoms with E-state index in [0.717, 1.165) is 5.56 Å². The van der Waals surface area contributed by atoms with Crippen molar-refractivity contribution in [2.75, 3.05) is 26.2 Å². The van der Waals surface area contributed by atoms with E-state index in [1.54, 1.807) is 17.0 Å². The number of carbonyl (C=O) groups excluding carboxylic acids is 1. The minimum absolute atomic E-state index is 0.256. The normalized spacial score (nSPS) is 23.7. The second-order valence-electron chi connectivity index (χ2n) is 7.62. The highest BCUT2D eigenvalue weighted by Gasteiger charge is 2.47. The standard InChI is InChI=1S/C17H24ClN3O4S/c1-17(2,3)25-16(22)19-8-9-21-15(11-19)12-20(26(21,23)24)10-13-4-6-14(18)7-5-13/h4-7,15H,8-12H2,1-3H3/t15-/m0/s1. The lowest BCUT2D eigenvalue weighted by Crippen LogP contribution is -2.54. The Bertz CT molecular complexity index is 776. The minimum Gasteiger partial charge on any atom is -0.444 e. The molecule has 2 aliphatic rings. The fourth-order valence-electron chi connectivity index (χ4n) is 3.20. The van der Waals surface area contributed by atoms with Crippen molar-refractivity contribution in [1.29, 1.82) is 0 Å². The first-order valence-electron chi connectivity index (χ1n) is 8.55. The molecule has 0 bridgehead atoms. The third-order valence-corrected chi connectivity index (χ3v) is 6.65. The van der Waals surface area contributed by atoms with Crippen molar-refractivity contribution in [2.45, 2.75) is 39.0 Å². The van der Waals surface area contributed by atoms with Gasteiger partial charge in [0, 0.05) is 37.7 Å². The minimum atomic E-state index is -3.53. The maximum Gasteiger partial charge on any atom is 0.410 e. The van der Waals surface area contributed by atoms with Gasteiger partial charge in [-0.3, -0.25) is 0 Å². The molecule has 1 aromatic carbocycles. The van der Waals surface area contributed by atoms with Crippen LogP contribution in [0.5, 0.6) is 0 Å². The lowest BCUT2D eigenvalue weighted by atomic mass is 10.2. The second-order valence-corrected chi connectivity index (χ2v) is 9.94. The van der Waals surface area contributed by atoms with E-state index < -0.39 is 21.9 Å². The quantitative estimate of drug-likeness (QED) is 0.762. The number of carbonyl (C=O) groups is 1. The van der Waals surface area contributed by atoms with E-state index in [4.69, 9.17) is 16.3 Å². The molecule has 7 nitrogen and oxygen atoms in total. The van der Waals surface area contributed by atoms with Crippen LogP contribution in [0.4, 0.5) is 4.79 Å². The van der Waals surface area contributed by atoms with E-state index >= 15 is 0 Å². The summed E-state index contributed by atoms with van der Waals surface area (Å²) in [6.07, 6.45) is -0.398. The number of ether oxygens (including phenoxy) is 1. The molecule has 0 spiro atoms. The highest BCUT2D eigenvalue weighted by atomic mass is 35.5. The number of amides is 1. The van der Waals surface area contributed by atoms with E-state index in [9.17, 15) is 13.2 Å². The maximum atomic E-state index is 12.8. The molecule has 1 amide bonds. The van der Waals surface area contributed by atoms with Gasteiger partial charge >= 0.3 is 6.09 Å². The predicted octanol–water partition coefficient (Wildman–Crippen LogP) is 2.32. The van der Waals surface area contributed by atoms with Crippen molar-refractivity contribution in [2.24, 2.45) is 0 Å². The highest BCUT2D eigenvalue weighted by molar-refractivity contribution is 7.87. The number of piperazine rings is 1. The zero-order valence-electron chi connectivity index (χ0n) is 15.2. The Morgan fingerprint density at radius 2 is 1.85 bits per heavy atom. The summed E-state index contributed by atoms with van der Waals surface area (Å²) in [5.74, 6) is 0. The molecule has 1 aromatic rings. The summed E-state index contributed by atoms with van der Waals surface area (Å²) in [7, 11) is -3.53. The van der Waals surface area contributed by atoms with Gasteiger partial charge in [-0.2, -0.15) is 17.0 Å². The van der Waals surface area contributed by atoms with E-state index in [1.165, 1.54) is 8.61 Å². The molecule has 1 atom stereocenters. The fraction of sp³-hybridized carbons (Fsp3) is 0.588. The van der Waals surface area contributed by atoms with Gasteiger partial charge in [0.25, 0.3) is 10.2 Å². The molecule has 0 N–H and O–H groups in total. The van der Waals surface area contributed by atoms with E-state index in [1.807, 2.05) is 32.9 Å². The van der Waals surface area contributed by atoms with Crippen LogP contribution in [0.3, 0.4) is 0 Å². The molecule has 26 heavy (non-hydrogen) atoms. The summed E-state index contributed by atoms with van der Waals surface area (Å²) in [6.45, 7) is 7.04. The summed E-state index contributed by atoms with van der Waals surface area (Å²) in [5.41, 5.74) is 0.304. The molecule has 2 saturated heterocycles.